The van der Waals surface area contributed by atoms with Gasteiger partial charge < -0.3 is 25.1 Å². The van der Waals surface area contributed by atoms with Crippen LogP contribution in [0.1, 0.15) is 18.6 Å². The van der Waals surface area contributed by atoms with E-state index in [1.165, 1.54) is 0 Å². The number of hydrogen-bond donors (Lipinski definition) is 3. The van der Waals surface area contributed by atoms with Crippen molar-refractivity contribution in [2.45, 2.75) is 25.5 Å². The molecular weight excluding hydrogens is 310 g/mol. The van der Waals surface area contributed by atoms with Gasteiger partial charge in [-0.15, -0.1) is 0 Å². The predicted octanol–water partition coefficient (Wildman–Crippen LogP) is 2.72. The van der Waals surface area contributed by atoms with Gasteiger partial charge >= 0.3 is 6.03 Å². The van der Waals surface area contributed by atoms with Gasteiger partial charge in [0.1, 0.15) is 11.9 Å². The van der Waals surface area contributed by atoms with Crippen LogP contribution in [0.5, 0.6) is 0 Å². The molecule has 7 nitrogen and oxygen atoms in total. The number of furan rings is 1. The molecule has 0 saturated carbocycles. The van der Waals surface area contributed by atoms with E-state index in [2.05, 4.69) is 16.0 Å². The fraction of sp³-hybridized carbons (Fsp3) is 0.294. The van der Waals surface area contributed by atoms with Gasteiger partial charge in [-0.1, -0.05) is 0 Å². The largest absolute Gasteiger partial charge is 0.467 e. The summed E-state index contributed by atoms with van der Waals surface area (Å²) in [7, 11) is 0. The van der Waals surface area contributed by atoms with E-state index in [0.29, 0.717) is 30.3 Å². The molecule has 1 aliphatic heterocycles. The molecular formula is C17H19N3O4. The number of amides is 3. The topological polar surface area (TPSA) is 92.6 Å². The van der Waals surface area contributed by atoms with E-state index in [9.17, 15) is 9.59 Å². The van der Waals surface area contributed by atoms with Gasteiger partial charge in [-0.3, -0.25) is 4.79 Å². The smallest absolute Gasteiger partial charge is 0.319 e. The van der Waals surface area contributed by atoms with Crippen molar-refractivity contribution >= 4 is 23.3 Å². The van der Waals surface area contributed by atoms with Crippen molar-refractivity contribution in [2.75, 3.05) is 17.2 Å². The Morgan fingerprint density at radius 3 is 2.46 bits per heavy atom. The molecule has 3 rings (SSSR count). The van der Waals surface area contributed by atoms with E-state index >= 15 is 0 Å². The molecule has 1 aromatic heterocycles. The van der Waals surface area contributed by atoms with Crippen molar-refractivity contribution in [3.63, 3.8) is 0 Å². The number of anilines is 2. The van der Waals surface area contributed by atoms with Crippen LogP contribution >= 0.6 is 0 Å². The van der Waals surface area contributed by atoms with Gasteiger partial charge in [0, 0.05) is 18.0 Å². The maximum Gasteiger partial charge on any atom is 0.319 e. The van der Waals surface area contributed by atoms with Crippen LogP contribution in [0.15, 0.2) is 47.1 Å². The molecule has 0 aliphatic carbocycles. The van der Waals surface area contributed by atoms with Gasteiger partial charge in [0.15, 0.2) is 0 Å². The van der Waals surface area contributed by atoms with Gasteiger partial charge in [-0.05, 0) is 49.2 Å². The molecule has 1 fully saturated rings. The van der Waals surface area contributed by atoms with Crippen LogP contribution in [0.2, 0.25) is 0 Å². The van der Waals surface area contributed by atoms with E-state index < -0.39 is 0 Å². The lowest BCUT2D eigenvalue weighted by Crippen LogP contribution is -2.28. The number of rotatable bonds is 5. The van der Waals surface area contributed by atoms with Gasteiger partial charge in [0.2, 0.25) is 0 Å². The number of hydrogen-bond acceptors (Lipinski definition) is 4. The quantitative estimate of drug-likeness (QED) is 0.786. The van der Waals surface area contributed by atoms with Gasteiger partial charge in [0.05, 0.1) is 12.8 Å². The lowest BCUT2D eigenvalue weighted by atomic mass is 10.2. The predicted molar refractivity (Wildman–Crippen MR) is 88.6 cm³/mol. The molecule has 3 N–H and O–H groups in total. The van der Waals surface area contributed by atoms with Crippen molar-refractivity contribution < 1.29 is 18.7 Å². The lowest BCUT2D eigenvalue weighted by Gasteiger charge is -2.11. The first-order valence-corrected chi connectivity index (χ1v) is 7.80. The molecule has 1 aliphatic rings. The fourth-order valence-electron chi connectivity index (χ4n) is 2.40. The third-order valence-corrected chi connectivity index (χ3v) is 3.64. The van der Waals surface area contributed by atoms with Crippen LogP contribution in [-0.4, -0.2) is 24.6 Å². The Balaban J connectivity index is 1.46. The first-order valence-electron chi connectivity index (χ1n) is 7.80. The third kappa shape index (κ3) is 4.36. The Hall–Kier alpha value is -2.80. The molecule has 1 aromatic carbocycles. The average Bonchev–Trinajstić information content (AvgIpc) is 3.28. The molecule has 126 valence electrons. The molecule has 2 aromatic rings. The Morgan fingerprint density at radius 1 is 1.08 bits per heavy atom. The molecule has 2 heterocycles. The highest BCUT2D eigenvalue weighted by atomic mass is 16.5. The number of benzene rings is 1. The second-order valence-electron chi connectivity index (χ2n) is 5.46. The van der Waals surface area contributed by atoms with E-state index in [1.54, 1.807) is 42.7 Å². The summed E-state index contributed by atoms with van der Waals surface area (Å²) in [6, 6.07) is 10.1. The normalized spacial score (nSPS) is 16.6. The number of carbonyl (C=O) groups is 2. The minimum absolute atomic E-state index is 0.135. The van der Waals surface area contributed by atoms with Gasteiger partial charge in [-0.25, -0.2) is 4.79 Å². The molecule has 0 bridgehead atoms. The highest BCUT2D eigenvalue weighted by molar-refractivity contribution is 5.95. The van der Waals surface area contributed by atoms with Crippen LogP contribution in [0.4, 0.5) is 16.2 Å². The zero-order chi connectivity index (χ0) is 16.8. The summed E-state index contributed by atoms with van der Waals surface area (Å²) in [4.78, 5) is 23.7. The summed E-state index contributed by atoms with van der Waals surface area (Å²) in [5.41, 5.74) is 1.29. The molecule has 7 heteroatoms. The fourth-order valence-corrected chi connectivity index (χ4v) is 2.40. The van der Waals surface area contributed by atoms with E-state index in [0.717, 1.165) is 12.8 Å². The number of carbonyl (C=O) groups excluding carboxylic acids is 2. The average molecular weight is 329 g/mol. The SMILES string of the molecule is O=C(NCc1ccco1)Nc1ccc(NC(=O)C2CCCO2)cc1. The summed E-state index contributed by atoms with van der Waals surface area (Å²) in [6.07, 6.45) is 2.85. The van der Waals surface area contributed by atoms with Crippen LogP contribution in [-0.2, 0) is 16.1 Å². The first-order chi connectivity index (χ1) is 11.7. The molecule has 1 saturated heterocycles. The van der Waals surface area contributed by atoms with Crippen molar-refractivity contribution in [1.29, 1.82) is 0 Å². The zero-order valence-electron chi connectivity index (χ0n) is 13.1. The van der Waals surface area contributed by atoms with Gasteiger partial charge in [-0.2, -0.15) is 0 Å². The minimum atomic E-state index is -0.366. The van der Waals surface area contributed by atoms with Gasteiger partial charge in [0.25, 0.3) is 5.91 Å². The second-order valence-corrected chi connectivity index (χ2v) is 5.46. The molecule has 1 unspecified atom stereocenters. The molecule has 1 atom stereocenters. The van der Waals surface area contributed by atoms with Crippen LogP contribution in [0.25, 0.3) is 0 Å². The zero-order valence-corrected chi connectivity index (χ0v) is 13.1. The summed E-state index contributed by atoms with van der Waals surface area (Å²) in [6.45, 7) is 0.947. The molecule has 0 spiro atoms. The molecule has 24 heavy (non-hydrogen) atoms. The summed E-state index contributed by atoms with van der Waals surface area (Å²) < 4.78 is 10.5. The van der Waals surface area contributed by atoms with Crippen molar-refractivity contribution in [3.8, 4) is 0 Å². The Morgan fingerprint density at radius 2 is 1.83 bits per heavy atom. The first kappa shape index (κ1) is 16.1. The van der Waals surface area contributed by atoms with Crippen molar-refractivity contribution in [1.82, 2.24) is 5.32 Å². The minimum Gasteiger partial charge on any atom is -0.467 e. The number of urea groups is 1. The summed E-state index contributed by atoms with van der Waals surface area (Å²) in [5, 5.41) is 8.20. The molecule has 3 amide bonds. The number of ether oxygens (including phenoxy) is 1. The summed E-state index contributed by atoms with van der Waals surface area (Å²) in [5.74, 6) is 0.543. The monoisotopic (exact) mass is 329 g/mol. The highest BCUT2D eigenvalue weighted by Gasteiger charge is 2.23. The van der Waals surface area contributed by atoms with E-state index in [-0.39, 0.29) is 18.0 Å². The third-order valence-electron chi connectivity index (χ3n) is 3.64. The lowest BCUT2D eigenvalue weighted by molar-refractivity contribution is -0.124. The Kier molecular flexibility index (Phi) is 5.12. The van der Waals surface area contributed by atoms with E-state index in [4.69, 9.17) is 9.15 Å². The van der Waals surface area contributed by atoms with Crippen LogP contribution in [0.3, 0.4) is 0 Å². The van der Waals surface area contributed by atoms with Crippen molar-refractivity contribution in [2.24, 2.45) is 0 Å². The van der Waals surface area contributed by atoms with Crippen molar-refractivity contribution in [3.05, 3.63) is 48.4 Å². The summed E-state index contributed by atoms with van der Waals surface area (Å²) >= 11 is 0. The maximum absolute atomic E-state index is 12.0. The standard InChI is InChI=1S/C17H19N3O4/c21-16(15-4-2-10-24-15)19-12-5-7-13(8-6-12)20-17(22)18-11-14-3-1-9-23-14/h1,3,5-9,15H,2,4,10-11H2,(H,19,21)(H2,18,20,22). The maximum atomic E-state index is 12.0. The van der Waals surface area contributed by atoms with Crippen LogP contribution in [0, 0.1) is 0 Å². The highest BCUT2D eigenvalue weighted by Crippen LogP contribution is 2.17. The number of nitrogens with one attached hydrogen (secondary N) is 3. The Bertz CT molecular complexity index is 676. The van der Waals surface area contributed by atoms with Crippen LogP contribution < -0.4 is 16.0 Å². The van der Waals surface area contributed by atoms with E-state index in [1.807, 2.05) is 0 Å². The second kappa shape index (κ2) is 7.65. The Labute approximate surface area is 139 Å². The molecule has 0 radical (unpaired) electrons.